The van der Waals surface area contributed by atoms with Crippen molar-refractivity contribution in [1.82, 2.24) is 4.90 Å². The molecule has 7 aliphatic rings. The van der Waals surface area contributed by atoms with Crippen molar-refractivity contribution in [3.63, 3.8) is 0 Å². The molecule has 2 heterocycles. The van der Waals surface area contributed by atoms with Gasteiger partial charge in [0.25, 0.3) is 0 Å². The molecule has 0 aromatic carbocycles. The third kappa shape index (κ3) is 5.11. The SMILES string of the molecule is CC(=O)O[C@@H](C1C[C@@H](C)C2C(O1)[C@H](O)C1(C)[C@@H]3CC[C@H]4C(C)(C)[C@@H](OC5CN(C(CO)CO)CCO5)CC[C@@]45CC35CC[C@]21C)C(C)(C)O. The number of esters is 1. The van der Waals surface area contributed by atoms with Crippen LogP contribution < -0.4 is 0 Å². The van der Waals surface area contributed by atoms with E-state index in [-0.39, 0.29) is 76.7 Å². The number of carbonyl (C=O) groups excluding carboxylic acids is 1. The van der Waals surface area contributed by atoms with Gasteiger partial charge in [0.2, 0.25) is 0 Å². The molecule has 7 fully saturated rings. The van der Waals surface area contributed by atoms with Crippen LogP contribution in [0.3, 0.4) is 0 Å². The highest BCUT2D eigenvalue weighted by atomic mass is 16.7. The smallest absolute Gasteiger partial charge is 0.303 e. The predicted molar refractivity (Wildman–Crippen MR) is 182 cm³/mol. The highest BCUT2D eigenvalue weighted by Gasteiger charge is 2.84. The molecular formula is C39H65NO9. The van der Waals surface area contributed by atoms with Gasteiger partial charge in [-0.1, -0.05) is 34.6 Å². The van der Waals surface area contributed by atoms with Gasteiger partial charge in [-0.3, -0.25) is 9.69 Å². The van der Waals surface area contributed by atoms with E-state index in [1.54, 1.807) is 13.8 Å². The Hall–Kier alpha value is -0.850. The first kappa shape index (κ1) is 36.5. The Bertz CT molecular complexity index is 1270. The molecule has 6 unspecified atom stereocenters. The van der Waals surface area contributed by atoms with Crippen LogP contribution in [-0.4, -0.2) is 113 Å². The second-order valence-corrected chi connectivity index (χ2v) is 19.2. The summed E-state index contributed by atoms with van der Waals surface area (Å²) in [7, 11) is 0. The predicted octanol–water partition coefficient (Wildman–Crippen LogP) is 3.90. The Morgan fingerprint density at radius 1 is 1.02 bits per heavy atom. The maximum absolute atomic E-state index is 12.6. The molecule has 2 aliphatic heterocycles. The summed E-state index contributed by atoms with van der Waals surface area (Å²) in [6.45, 7) is 18.2. The van der Waals surface area contributed by atoms with Crippen LogP contribution in [0, 0.1) is 50.7 Å². The molecule has 0 aromatic rings. The molecule has 0 radical (unpaired) electrons. The lowest BCUT2D eigenvalue weighted by atomic mass is 9.41. The fraction of sp³-hybridized carbons (Fsp3) is 0.974. The summed E-state index contributed by atoms with van der Waals surface area (Å²) in [4.78, 5) is 14.2. The van der Waals surface area contributed by atoms with Crippen molar-refractivity contribution >= 4 is 5.97 Å². The Labute approximate surface area is 293 Å². The first-order valence-corrected chi connectivity index (χ1v) is 19.4. The average molecular weight is 692 g/mol. The zero-order valence-corrected chi connectivity index (χ0v) is 31.3. The summed E-state index contributed by atoms with van der Waals surface area (Å²) in [5.74, 6) is 0.942. The summed E-state index contributed by atoms with van der Waals surface area (Å²) in [5, 5.41) is 43.1. The van der Waals surface area contributed by atoms with Gasteiger partial charge < -0.3 is 39.4 Å². The van der Waals surface area contributed by atoms with Crippen LogP contribution in [0.2, 0.25) is 0 Å². The normalized spacial score (nSPS) is 49.6. The molecule has 10 nitrogen and oxygen atoms in total. The average Bonchev–Trinajstić information content (AvgIpc) is 3.66. The van der Waals surface area contributed by atoms with Crippen LogP contribution in [-0.2, 0) is 23.7 Å². The van der Waals surface area contributed by atoms with Gasteiger partial charge in [0.1, 0.15) is 0 Å². The Balaban J connectivity index is 1.11. The number of nitrogens with zero attached hydrogens (tertiary/aromatic N) is 1. The van der Waals surface area contributed by atoms with Crippen molar-refractivity contribution in [3.8, 4) is 0 Å². The number of hydrogen-bond acceptors (Lipinski definition) is 10. The zero-order chi connectivity index (χ0) is 35.5. The van der Waals surface area contributed by atoms with Crippen LogP contribution in [0.5, 0.6) is 0 Å². The number of fused-ring (bicyclic) bond motifs is 4. The highest BCUT2D eigenvalue weighted by Crippen LogP contribution is 2.89. The highest BCUT2D eigenvalue weighted by molar-refractivity contribution is 5.66. The fourth-order valence-corrected chi connectivity index (χ4v) is 14.1. The van der Waals surface area contributed by atoms with E-state index in [0.29, 0.717) is 38.0 Å². The van der Waals surface area contributed by atoms with E-state index in [2.05, 4.69) is 39.5 Å². The molecule has 5 aliphatic carbocycles. The molecule has 0 amide bonds. The van der Waals surface area contributed by atoms with Crippen LogP contribution in [0.25, 0.3) is 0 Å². The van der Waals surface area contributed by atoms with Gasteiger partial charge in [-0.15, -0.1) is 0 Å². The number of aliphatic hydroxyl groups is 4. The summed E-state index contributed by atoms with van der Waals surface area (Å²) in [6, 6.07) is -0.288. The van der Waals surface area contributed by atoms with Gasteiger partial charge in [0.05, 0.1) is 62.4 Å². The molecule has 14 atom stereocenters. The van der Waals surface area contributed by atoms with Gasteiger partial charge in [0.15, 0.2) is 12.4 Å². The van der Waals surface area contributed by atoms with Gasteiger partial charge in [0, 0.05) is 18.9 Å². The van der Waals surface area contributed by atoms with E-state index in [1.807, 2.05) is 0 Å². The standard InChI is InChI=1S/C39H65NO9/c1-22-17-25(33(35(5,6)45)47-23(2)43)48-31-30(22)36(7)13-14-39-21-38(39)12-11-28(49-29-18-40(15-16-46-29)24(19-41)20-42)34(3,4)26(38)9-10-27(39)37(36,8)32(31)44/h22,24-33,41-42,44-45H,9-21H2,1-8H3/t22-,25?,26+,27+,28+,29?,30?,31?,32+,33+,36-,37?,38-,39?/m1/s1. The molecule has 2 spiro atoms. The lowest BCUT2D eigenvalue weighted by molar-refractivity contribution is -0.252. The molecule has 0 aromatic heterocycles. The number of aliphatic hydroxyl groups excluding tert-OH is 3. The van der Waals surface area contributed by atoms with Crippen LogP contribution in [0.1, 0.15) is 107 Å². The summed E-state index contributed by atoms with van der Waals surface area (Å²) in [5.41, 5.74) is -1.23. The minimum absolute atomic E-state index is 0.0384. The minimum atomic E-state index is -1.27. The zero-order valence-electron chi connectivity index (χ0n) is 31.3. The minimum Gasteiger partial charge on any atom is -0.457 e. The molecule has 49 heavy (non-hydrogen) atoms. The Morgan fingerprint density at radius 3 is 2.35 bits per heavy atom. The third-order valence-corrected chi connectivity index (χ3v) is 16.4. The van der Waals surface area contributed by atoms with E-state index in [0.717, 1.165) is 32.1 Å². The Morgan fingerprint density at radius 2 is 1.69 bits per heavy atom. The third-order valence-electron chi connectivity index (χ3n) is 16.4. The summed E-state index contributed by atoms with van der Waals surface area (Å²) in [6.07, 6.45) is 5.93. The van der Waals surface area contributed by atoms with Crippen LogP contribution >= 0.6 is 0 Å². The van der Waals surface area contributed by atoms with Crippen molar-refractivity contribution in [2.45, 2.75) is 155 Å². The number of carbonyl (C=O) groups is 1. The molecule has 0 bridgehead atoms. The molecule has 7 rings (SSSR count). The van der Waals surface area contributed by atoms with Gasteiger partial charge in [-0.25, -0.2) is 0 Å². The van der Waals surface area contributed by atoms with Crippen molar-refractivity contribution in [2.75, 3.05) is 32.9 Å². The summed E-state index contributed by atoms with van der Waals surface area (Å²) < 4.78 is 25.4. The molecular weight excluding hydrogens is 626 g/mol. The maximum Gasteiger partial charge on any atom is 0.303 e. The second-order valence-electron chi connectivity index (χ2n) is 19.2. The maximum atomic E-state index is 12.6. The fourth-order valence-electron chi connectivity index (χ4n) is 14.1. The number of hydrogen-bond donors (Lipinski definition) is 4. The van der Waals surface area contributed by atoms with Gasteiger partial charge >= 0.3 is 5.97 Å². The largest absolute Gasteiger partial charge is 0.457 e. The molecule has 5 saturated carbocycles. The van der Waals surface area contributed by atoms with Crippen molar-refractivity contribution in [1.29, 1.82) is 0 Å². The molecule has 280 valence electrons. The molecule has 10 heteroatoms. The van der Waals surface area contributed by atoms with Crippen molar-refractivity contribution in [2.24, 2.45) is 50.7 Å². The van der Waals surface area contributed by atoms with Crippen LogP contribution in [0.4, 0.5) is 0 Å². The molecule has 4 N–H and O–H groups in total. The Kier molecular flexibility index (Phi) is 9.00. The van der Waals surface area contributed by atoms with E-state index >= 15 is 0 Å². The van der Waals surface area contributed by atoms with E-state index in [4.69, 9.17) is 18.9 Å². The van der Waals surface area contributed by atoms with Crippen molar-refractivity contribution in [3.05, 3.63) is 0 Å². The van der Waals surface area contributed by atoms with E-state index in [1.165, 1.54) is 19.8 Å². The first-order chi connectivity index (χ1) is 22.9. The number of morpholine rings is 1. The number of rotatable bonds is 8. The van der Waals surface area contributed by atoms with Crippen LogP contribution in [0.15, 0.2) is 0 Å². The summed E-state index contributed by atoms with van der Waals surface area (Å²) >= 11 is 0. The lowest BCUT2D eigenvalue weighted by Crippen LogP contribution is -2.60. The van der Waals surface area contributed by atoms with Gasteiger partial charge in [-0.05, 0) is 111 Å². The number of ether oxygens (including phenoxy) is 4. The lowest BCUT2D eigenvalue weighted by Gasteiger charge is -2.64. The van der Waals surface area contributed by atoms with Gasteiger partial charge in [-0.2, -0.15) is 0 Å². The van der Waals surface area contributed by atoms with E-state index in [9.17, 15) is 25.2 Å². The topological polar surface area (TPSA) is 138 Å². The molecule has 2 saturated heterocycles. The monoisotopic (exact) mass is 691 g/mol. The second kappa shape index (κ2) is 12.1. The van der Waals surface area contributed by atoms with E-state index < -0.39 is 29.9 Å². The first-order valence-electron chi connectivity index (χ1n) is 19.4. The van der Waals surface area contributed by atoms with Crippen molar-refractivity contribution < 1.29 is 44.2 Å². The quantitative estimate of drug-likeness (QED) is 0.278.